The van der Waals surface area contributed by atoms with E-state index >= 15 is 0 Å². The summed E-state index contributed by atoms with van der Waals surface area (Å²) in [5.74, 6) is 2.83. The molecule has 23 heavy (non-hydrogen) atoms. The molecule has 8 nitrogen and oxygen atoms in total. The first-order valence-corrected chi connectivity index (χ1v) is 7.77. The second-order valence-corrected chi connectivity index (χ2v) is 6.21. The predicted molar refractivity (Wildman–Crippen MR) is 85.2 cm³/mol. The second kappa shape index (κ2) is 5.94. The third kappa shape index (κ3) is 2.88. The Morgan fingerprint density at radius 3 is 2.83 bits per heavy atom. The molecule has 1 aliphatic rings. The van der Waals surface area contributed by atoms with E-state index in [1.54, 1.807) is 13.0 Å². The van der Waals surface area contributed by atoms with E-state index in [-0.39, 0.29) is 17.6 Å². The Labute approximate surface area is 134 Å². The van der Waals surface area contributed by atoms with Crippen LogP contribution in [0.4, 0.5) is 11.5 Å². The largest absolute Gasteiger partial charge is 0.360 e. The van der Waals surface area contributed by atoms with Crippen LogP contribution in [0.15, 0.2) is 12.3 Å². The molecule has 0 saturated carbocycles. The molecule has 1 N–H and O–H groups in total. The molecule has 0 aliphatic carbocycles. The Balaban J connectivity index is 1.88. The van der Waals surface area contributed by atoms with E-state index in [9.17, 15) is 10.1 Å². The van der Waals surface area contributed by atoms with Crippen molar-refractivity contribution in [3.05, 3.63) is 39.6 Å². The molecule has 3 rings (SSSR count). The summed E-state index contributed by atoms with van der Waals surface area (Å²) in [5, 5.41) is 22.9. The van der Waals surface area contributed by atoms with Gasteiger partial charge >= 0.3 is 0 Å². The van der Waals surface area contributed by atoms with Crippen LogP contribution in [-0.2, 0) is 13.0 Å². The molecule has 0 aromatic carbocycles. The monoisotopic (exact) mass is 316 g/mol. The van der Waals surface area contributed by atoms with Crippen LogP contribution in [0.25, 0.3) is 0 Å². The molecule has 0 saturated heterocycles. The van der Waals surface area contributed by atoms with Crippen molar-refractivity contribution in [2.45, 2.75) is 46.2 Å². The Bertz CT molecular complexity index is 740. The highest BCUT2D eigenvalue weighted by Gasteiger charge is 2.26. The summed E-state index contributed by atoms with van der Waals surface area (Å²) < 4.78 is 2.16. The first-order valence-electron chi connectivity index (χ1n) is 7.77. The molecule has 1 unspecified atom stereocenters. The van der Waals surface area contributed by atoms with Gasteiger partial charge in [-0.15, -0.1) is 10.2 Å². The van der Waals surface area contributed by atoms with Gasteiger partial charge in [0.05, 0.1) is 11.0 Å². The summed E-state index contributed by atoms with van der Waals surface area (Å²) in [6.45, 7) is 6.86. The number of hydrogen-bond donors (Lipinski definition) is 1. The number of hydrogen-bond acceptors (Lipinski definition) is 6. The van der Waals surface area contributed by atoms with Crippen LogP contribution in [-0.4, -0.2) is 24.7 Å². The van der Waals surface area contributed by atoms with Crippen LogP contribution in [0.3, 0.4) is 0 Å². The number of nitrogens with zero attached hydrogens (tertiary/aromatic N) is 5. The van der Waals surface area contributed by atoms with Gasteiger partial charge in [0, 0.05) is 18.5 Å². The number of rotatable bonds is 5. The van der Waals surface area contributed by atoms with Crippen molar-refractivity contribution in [2.24, 2.45) is 5.92 Å². The highest BCUT2D eigenvalue weighted by molar-refractivity contribution is 5.47. The number of nitrogens with one attached hydrogen (secondary N) is 1. The number of nitro groups is 1. The molecule has 0 amide bonds. The van der Waals surface area contributed by atoms with Crippen molar-refractivity contribution < 1.29 is 4.92 Å². The van der Waals surface area contributed by atoms with Crippen LogP contribution in [0, 0.1) is 23.0 Å². The molecule has 3 heterocycles. The maximum Gasteiger partial charge on any atom is 0.290 e. The fourth-order valence-electron chi connectivity index (χ4n) is 2.91. The van der Waals surface area contributed by atoms with Gasteiger partial charge in [0.2, 0.25) is 0 Å². The molecular formula is C15H20N6O2. The van der Waals surface area contributed by atoms with Crippen LogP contribution in [0.2, 0.25) is 0 Å². The molecule has 0 fully saturated rings. The SMILES string of the molecule is Cc1cc(NC(c2nnc3n2CCC3)C(C)C)ncc1[N+](=O)[O-]. The minimum atomic E-state index is -0.419. The van der Waals surface area contributed by atoms with Gasteiger partial charge in [0.25, 0.3) is 5.69 Å². The molecular weight excluding hydrogens is 296 g/mol. The standard InChI is InChI=1S/C15H20N6O2/c1-9(2)14(15-19-18-13-5-4-6-20(13)15)17-12-7-10(3)11(8-16-12)21(22)23/h7-9,14H,4-6H2,1-3H3,(H,16,17). The highest BCUT2D eigenvalue weighted by atomic mass is 16.6. The summed E-state index contributed by atoms with van der Waals surface area (Å²) in [4.78, 5) is 14.7. The molecule has 2 aromatic heterocycles. The van der Waals surface area contributed by atoms with Gasteiger partial charge in [-0.1, -0.05) is 13.8 Å². The van der Waals surface area contributed by atoms with Crippen molar-refractivity contribution in [3.8, 4) is 0 Å². The smallest absolute Gasteiger partial charge is 0.290 e. The van der Waals surface area contributed by atoms with Gasteiger partial charge < -0.3 is 9.88 Å². The zero-order chi connectivity index (χ0) is 16.6. The summed E-state index contributed by atoms with van der Waals surface area (Å²) in [7, 11) is 0. The molecule has 0 bridgehead atoms. The number of aromatic nitrogens is 4. The number of fused-ring (bicyclic) bond motifs is 1. The first-order chi connectivity index (χ1) is 11.0. The molecule has 0 spiro atoms. The van der Waals surface area contributed by atoms with Crippen molar-refractivity contribution in [3.63, 3.8) is 0 Å². The molecule has 0 radical (unpaired) electrons. The van der Waals surface area contributed by atoms with E-state index in [0.29, 0.717) is 11.4 Å². The Morgan fingerprint density at radius 1 is 1.39 bits per heavy atom. The van der Waals surface area contributed by atoms with Crippen molar-refractivity contribution in [2.75, 3.05) is 5.32 Å². The lowest BCUT2D eigenvalue weighted by molar-refractivity contribution is -0.385. The van der Waals surface area contributed by atoms with Crippen LogP contribution < -0.4 is 5.32 Å². The van der Waals surface area contributed by atoms with E-state index in [1.165, 1.54) is 6.20 Å². The van der Waals surface area contributed by atoms with Crippen LogP contribution in [0.5, 0.6) is 0 Å². The lowest BCUT2D eigenvalue weighted by atomic mass is 10.0. The normalized spacial score (nSPS) is 14.8. The molecule has 1 atom stereocenters. The average Bonchev–Trinajstić information content (AvgIpc) is 3.07. The minimum absolute atomic E-state index is 0.0278. The zero-order valence-corrected chi connectivity index (χ0v) is 13.5. The quantitative estimate of drug-likeness (QED) is 0.672. The summed E-state index contributed by atoms with van der Waals surface area (Å²) in [6, 6.07) is 1.66. The topological polar surface area (TPSA) is 98.8 Å². The van der Waals surface area contributed by atoms with Gasteiger partial charge in [-0.3, -0.25) is 10.1 Å². The van der Waals surface area contributed by atoms with E-state index in [2.05, 4.69) is 38.9 Å². The summed E-state index contributed by atoms with van der Waals surface area (Å²) in [5.41, 5.74) is 0.612. The van der Waals surface area contributed by atoms with E-state index in [1.807, 2.05) is 0 Å². The summed E-state index contributed by atoms with van der Waals surface area (Å²) in [6.07, 6.45) is 3.35. The Kier molecular flexibility index (Phi) is 3.97. The van der Waals surface area contributed by atoms with Gasteiger partial charge in [-0.2, -0.15) is 0 Å². The maximum atomic E-state index is 10.9. The zero-order valence-electron chi connectivity index (χ0n) is 13.5. The maximum absolute atomic E-state index is 10.9. The van der Waals surface area contributed by atoms with Crippen LogP contribution in [0.1, 0.15) is 43.5 Å². The van der Waals surface area contributed by atoms with E-state index in [4.69, 9.17) is 0 Å². The van der Waals surface area contributed by atoms with E-state index < -0.39 is 4.92 Å². The van der Waals surface area contributed by atoms with Crippen LogP contribution >= 0.6 is 0 Å². The Morgan fingerprint density at radius 2 is 2.17 bits per heavy atom. The van der Waals surface area contributed by atoms with Crippen molar-refractivity contribution in [1.82, 2.24) is 19.7 Å². The van der Waals surface area contributed by atoms with E-state index in [0.717, 1.165) is 31.0 Å². The Hall–Kier alpha value is -2.51. The van der Waals surface area contributed by atoms with Gasteiger partial charge in [0.15, 0.2) is 5.82 Å². The third-order valence-corrected chi connectivity index (χ3v) is 4.17. The molecule has 1 aliphatic heterocycles. The summed E-state index contributed by atoms with van der Waals surface area (Å²) >= 11 is 0. The second-order valence-electron chi connectivity index (χ2n) is 6.21. The number of pyridine rings is 1. The molecule has 2 aromatic rings. The molecule has 8 heteroatoms. The number of anilines is 1. The lowest BCUT2D eigenvalue weighted by Gasteiger charge is -2.22. The predicted octanol–water partition coefficient (Wildman–Crippen LogP) is 2.65. The van der Waals surface area contributed by atoms with Gasteiger partial charge in [0.1, 0.15) is 17.8 Å². The molecule has 122 valence electrons. The fraction of sp³-hybridized carbons (Fsp3) is 0.533. The van der Waals surface area contributed by atoms with Crippen molar-refractivity contribution >= 4 is 11.5 Å². The minimum Gasteiger partial charge on any atom is -0.360 e. The third-order valence-electron chi connectivity index (χ3n) is 4.17. The van der Waals surface area contributed by atoms with Crippen molar-refractivity contribution in [1.29, 1.82) is 0 Å². The lowest BCUT2D eigenvalue weighted by Crippen LogP contribution is -2.22. The van der Waals surface area contributed by atoms with Gasteiger partial charge in [-0.05, 0) is 25.3 Å². The highest BCUT2D eigenvalue weighted by Crippen LogP contribution is 2.28. The fourth-order valence-corrected chi connectivity index (χ4v) is 2.91. The van der Waals surface area contributed by atoms with Gasteiger partial charge in [-0.25, -0.2) is 4.98 Å². The number of aryl methyl sites for hydroxylation is 2. The average molecular weight is 316 g/mol. The first kappa shape index (κ1) is 15.4.